The van der Waals surface area contributed by atoms with Gasteiger partial charge < -0.3 is 10.0 Å². The zero-order valence-corrected chi connectivity index (χ0v) is 15.7. The van der Waals surface area contributed by atoms with Crippen LogP contribution in [0.1, 0.15) is 54.4 Å². The summed E-state index contributed by atoms with van der Waals surface area (Å²) in [6, 6.07) is 7.73. The first-order valence-electron chi connectivity index (χ1n) is 9.17. The Labute approximate surface area is 157 Å². The van der Waals surface area contributed by atoms with E-state index < -0.39 is 23.6 Å². The molecule has 0 aliphatic carbocycles. The van der Waals surface area contributed by atoms with E-state index in [1.54, 1.807) is 27.8 Å². The van der Waals surface area contributed by atoms with Crippen LogP contribution < -0.4 is 0 Å². The Balaban J connectivity index is 1.90. The number of nitrogens with zero attached hydrogens (tertiary/aromatic N) is 3. The second-order valence-corrected chi connectivity index (χ2v) is 7.24. The van der Waals surface area contributed by atoms with Crippen molar-refractivity contribution in [1.82, 2.24) is 14.7 Å². The number of carboxylic acids is 1. The SMILES string of the molecule is CCn1nc(C(C)C)cc1C(=O)N1C[C@@H](C(=O)O)[C@H](c2cccc(F)c2)C1. The summed E-state index contributed by atoms with van der Waals surface area (Å²) in [5, 5.41) is 14.1. The molecule has 2 aromatic rings. The summed E-state index contributed by atoms with van der Waals surface area (Å²) in [7, 11) is 0. The zero-order valence-electron chi connectivity index (χ0n) is 15.7. The first kappa shape index (κ1) is 19.1. The first-order chi connectivity index (χ1) is 12.8. The number of benzene rings is 1. The minimum absolute atomic E-state index is 0.0985. The fourth-order valence-electron chi connectivity index (χ4n) is 3.59. The highest BCUT2D eigenvalue weighted by atomic mass is 19.1. The average molecular weight is 373 g/mol. The van der Waals surface area contributed by atoms with Crippen LogP contribution >= 0.6 is 0 Å². The van der Waals surface area contributed by atoms with Crippen molar-refractivity contribution in [3.63, 3.8) is 0 Å². The summed E-state index contributed by atoms with van der Waals surface area (Å²) in [6.07, 6.45) is 0. The molecule has 3 rings (SSSR count). The molecule has 0 saturated carbocycles. The highest BCUT2D eigenvalue weighted by Gasteiger charge is 2.41. The number of hydrogen-bond acceptors (Lipinski definition) is 3. The number of carbonyl (C=O) groups excluding carboxylic acids is 1. The molecule has 0 spiro atoms. The predicted octanol–water partition coefficient (Wildman–Crippen LogP) is 3.11. The molecule has 27 heavy (non-hydrogen) atoms. The highest BCUT2D eigenvalue weighted by molar-refractivity contribution is 5.93. The first-order valence-corrected chi connectivity index (χ1v) is 9.17. The molecule has 1 aliphatic rings. The number of carboxylic acid groups (broad SMARTS) is 1. The zero-order chi connectivity index (χ0) is 19.7. The molecule has 7 heteroatoms. The Bertz CT molecular complexity index is 862. The van der Waals surface area contributed by atoms with Crippen molar-refractivity contribution >= 4 is 11.9 Å². The van der Waals surface area contributed by atoms with Gasteiger partial charge in [-0.1, -0.05) is 26.0 Å². The van der Waals surface area contributed by atoms with E-state index in [2.05, 4.69) is 5.10 Å². The molecule has 2 heterocycles. The quantitative estimate of drug-likeness (QED) is 0.874. The summed E-state index contributed by atoms with van der Waals surface area (Å²) in [5.41, 5.74) is 1.89. The molecule has 0 bridgehead atoms. The fraction of sp³-hybridized carbons (Fsp3) is 0.450. The highest BCUT2D eigenvalue weighted by Crippen LogP contribution is 2.34. The summed E-state index contributed by atoms with van der Waals surface area (Å²) in [5.74, 6) is -2.64. The molecule has 1 N–H and O–H groups in total. The number of aromatic nitrogens is 2. The van der Waals surface area contributed by atoms with E-state index >= 15 is 0 Å². The van der Waals surface area contributed by atoms with E-state index in [1.165, 1.54) is 12.1 Å². The number of likely N-dealkylation sites (tertiary alicyclic amines) is 1. The second kappa shape index (κ2) is 7.50. The molecule has 144 valence electrons. The average Bonchev–Trinajstić information content (AvgIpc) is 3.26. The topological polar surface area (TPSA) is 75.4 Å². The van der Waals surface area contributed by atoms with E-state index in [4.69, 9.17) is 0 Å². The van der Waals surface area contributed by atoms with Gasteiger partial charge >= 0.3 is 5.97 Å². The van der Waals surface area contributed by atoms with E-state index in [9.17, 15) is 19.1 Å². The normalized spacial score (nSPS) is 19.7. The molecule has 6 nitrogen and oxygen atoms in total. The van der Waals surface area contributed by atoms with E-state index in [0.29, 0.717) is 17.8 Å². The van der Waals surface area contributed by atoms with Gasteiger partial charge in [0.2, 0.25) is 0 Å². The molecular weight excluding hydrogens is 349 g/mol. The van der Waals surface area contributed by atoms with Gasteiger partial charge in [-0.2, -0.15) is 5.10 Å². The maximum Gasteiger partial charge on any atom is 0.308 e. The standard InChI is InChI=1S/C20H24FN3O3/c1-4-24-18(9-17(22-24)12(2)3)19(25)23-10-15(16(11-23)20(26)27)13-6-5-7-14(21)8-13/h5-9,12,15-16H,4,10-11H2,1-3H3,(H,26,27)/t15-,16+/m0/s1. The van der Waals surface area contributed by atoms with Crippen molar-refractivity contribution in [3.05, 3.63) is 53.1 Å². The van der Waals surface area contributed by atoms with Crippen molar-refractivity contribution in [1.29, 1.82) is 0 Å². The molecule has 1 fully saturated rings. The number of amides is 1. The Morgan fingerprint density at radius 3 is 2.63 bits per heavy atom. The van der Waals surface area contributed by atoms with Crippen LogP contribution in [0.15, 0.2) is 30.3 Å². The van der Waals surface area contributed by atoms with Crippen LogP contribution in [0.4, 0.5) is 4.39 Å². The van der Waals surface area contributed by atoms with Gasteiger partial charge in [-0.3, -0.25) is 14.3 Å². The van der Waals surface area contributed by atoms with Crippen LogP contribution in [0.3, 0.4) is 0 Å². The third kappa shape index (κ3) is 3.72. The van der Waals surface area contributed by atoms with Crippen LogP contribution in [0.2, 0.25) is 0 Å². The minimum Gasteiger partial charge on any atom is -0.481 e. The van der Waals surface area contributed by atoms with Gasteiger partial charge in [0, 0.05) is 25.6 Å². The number of aliphatic carboxylic acids is 1. The fourth-order valence-corrected chi connectivity index (χ4v) is 3.59. The minimum atomic E-state index is -0.980. The molecule has 1 amide bonds. The number of hydrogen-bond donors (Lipinski definition) is 1. The van der Waals surface area contributed by atoms with Crippen LogP contribution in [0, 0.1) is 11.7 Å². The summed E-state index contributed by atoms with van der Waals surface area (Å²) >= 11 is 0. The summed E-state index contributed by atoms with van der Waals surface area (Å²) < 4.78 is 15.3. The predicted molar refractivity (Wildman–Crippen MR) is 98.2 cm³/mol. The van der Waals surface area contributed by atoms with Gasteiger partial charge in [0.05, 0.1) is 11.6 Å². The van der Waals surface area contributed by atoms with Gasteiger partial charge in [-0.15, -0.1) is 0 Å². The molecule has 2 atom stereocenters. The van der Waals surface area contributed by atoms with E-state index in [1.807, 2.05) is 20.8 Å². The molecule has 0 unspecified atom stereocenters. The number of aryl methyl sites for hydroxylation is 1. The lowest BCUT2D eigenvalue weighted by Gasteiger charge is -2.17. The lowest BCUT2D eigenvalue weighted by Crippen LogP contribution is -2.31. The smallest absolute Gasteiger partial charge is 0.308 e. The van der Waals surface area contributed by atoms with Gasteiger partial charge in [0.15, 0.2) is 0 Å². The third-order valence-corrected chi connectivity index (χ3v) is 5.11. The molecule has 1 aromatic heterocycles. The Hall–Kier alpha value is -2.70. The largest absolute Gasteiger partial charge is 0.481 e. The number of carbonyl (C=O) groups is 2. The maximum atomic E-state index is 13.6. The lowest BCUT2D eigenvalue weighted by molar-refractivity contribution is -0.141. The Morgan fingerprint density at radius 1 is 1.30 bits per heavy atom. The van der Waals surface area contributed by atoms with Crippen molar-refractivity contribution < 1.29 is 19.1 Å². The third-order valence-electron chi connectivity index (χ3n) is 5.11. The molecule has 1 saturated heterocycles. The van der Waals surface area contributed by atoms with Crippen molar-refractivity contribution in [3.8, 4) is 0 Å². The Morgan fingerprint density at radius 2 is 2.04 bits per heavy atom. The van der Waals surface area contributed by atoms with Gasteiger partial charge in [0.1, 0.15) is 11.5 Å². The number of halogens is 1. The van der Waals surface area contributed by atoms with Crippen LogP contribution in [0.5, 0.6) is 0 Å². The van der Waals surface area contributed by atoms with Crippen molar-refractivity contribution in [2.75, 3.05) is 13.1 Å². The van der Waals surface area contributed by atoms with Gasteiger partial charge in [0.25, 0.3) is 5.91 Å². The van der Waals surface area contributed by atoms with Crippen molar-refractivity contribution in [2.24, 2.45) is 5.92 Å². The monoisotopic (exact) mass is 373 g/mol. The van der Waals surface area contributed by atoms with Crippen LogP contribution in [0.25, 0.3) is 0 Å². The number of rotatable bonds is 5. The molecule has 0 radical (unpaired) electrons. The lowest BCUT2D eigenvalue weighted by atomic mass is 9.89. The van der Waals surface area contributed by atoms with Gasteiger partial charge in [-0.25, -0.2) is 4.39 Å². The van der Waals surface area contributed by atoms with Crippen LogP contribution in [-0.4, -0.2) is 44.8 Å². The second-order valence-electron chi connectivity index (χ2n) is 7.24. The summed E-state index contributed by atoms with van der Waals surface area (Å²) in [6.45, 7) is 6.82. The summed E-state index contributed by atoms with van der Waals surface area (Å²) in [4.78, 5) is 26.4. The maximum absolute atomic E-state index is 13.6. The Kier molecular flexibility index (Phi) is 5.30. The van der Waals surface area contributed by atoms with E-state index in [0.717, 1.165) is 5.69 Å². The molecule has 1 aromatic carbocycles. The molecular formula is C20H24FN3O3. The van der Waals surface area contributed by atoms with Crippen molar-refractivity contribution in [2.45, 2.75) is 39.2 Å². The molecule has 1 aliphatic heterocycles. The van der Waals surface area contributed by atoms with Gasteiger partial charge in [-0.05, 0) is 36.6 Å². The van der Waals surface area contributed by atoms with E-state index in [-0.39, 0.29) is 24.9 Å². The van der Waals surface area contributed by atoms with Crippen LogP contribution in [-0.2, 0) is 11.3 Å².